The topological polar surface area (TPSA) is 61.4 Å². The molecule has 0 aromatic heterocycles. The lowest BCUT2D eigenvalue weighted by atomic mass is 9.73. The van der Waals surface area contributed by atoms with Crippen LogP contribution in [0.5, 0.6) is 0 Å². The third kappa shape index (κ3) is 5.35. The molecule has 6 rings (SSSR count). The van der Waals surface area contributed by atoms with E-state index in [2.05, 4.69) is 22.8 Å². The van der Waals surface area contributed by atoms with E-state index in [0.29, 0.717) is 29.7 Å². The van der Waals surface area contributed by atoms with Crippen LogP contribution in [0.15, 0.2) is 84.1 Å². The van der Waals surface area contributed by atoms with Crippen LogP contribution in [0.3, 0.4) is 0 Å². The predicted molar refractivity (Wildman–Crippen MR) is 152 cm³/mol. The molecule has 1 amide bonds. The van der Waals surface area contributed by atoms with Gasteiger partial charge < -0.3 is 15.5 Å². The van der Waals surface area contributed by atoms with Crippen molar-refractivity contribution in [3.8, 4) is 0 Å². The van der Waals surface area contributed by atoms with E-state index in [4.69, 9.17) is 0 Å². The molecule has 8 heteroatoms. The Balaban J connectivity index is 1.40. The van der Waals surface area contributed by atoms with E-state index in [0.717, 1.165) is 36.4 Å². The number of nitrogens with zero attached hydrogens (tertiary/aromatic N) is 1. The van der Waals surface area contributed by atoms with Crippen LogP contribution in [-0.2, 0) is 28.6 Å². The number of ketones is 1. The van der Waals surface area contributed by atoms with Crippen molar-refractivity contribution in [2.75, 3.05) is 16.8 Å². The monoisotopic (exact) mass is 559 g/mol. The van der Waals surface area contributed by atoms with E-state index in [9.17, 15) is 22.8 Å². The largest absolute Gasteiger partial charge is 0.416 e. The fraction of sp³-hybridized carbons (Fsp3) is 0.333. The third-order valence-electron chi connectivity index (χ3n) is 8.29. The summed E-state index contributed by atoms with van der Waals surface area (Å²) >= 11 is 0. The maximum Gasteiger partial charge on any atom is 0.416 e. The Morgan fingerprint density at radius 3 is 2.24 bits per heavy atom. The molecule has 0 bridgehead atoms. The highest BCUT2D eigenvalue weighted by atomic mass is 19.4. The molecule has 41 heavy (non-hydrogen) atoms. The lowest BCUT2D eigenvalue weighted by molar-refractivity contribution is -0.137. The summed E-state index contributed by atoms with van der Waals surface area (Å²) < 4.78 is 40.3. The van der Waals surface area contributed by atoms with Crippen molar-refractivity contribution < 1.29 is 22.8 Å². The molecule has 0 saturated carbocycles. The minimum atomic E-state index is -4.48. The van der Waals surface area contributed by atoms with Gasteiger partial charge in [0.2, 0.25) is 5.91 Å². The maximum atomic E-state index is 13.8. The van der Waals surface area contributed by atoms with Gasteiger partial charge in [0.25, 0.3) is 0 Å². The van der Waals surface area contributed by atoms with Crippen molar-refractivity contribution in [1.82, 2.24) is 5.32 Å². The van der Waals surface area contributed by atoms with Gasteiger partial charge in [-0.15, -0.1) is 0 Å². The molecule has 2 aliphatic carbocycles. The highest BCUT2D eigenvalue weighted by Gasteiger charge is 2.42. The summed E-state index contributed by atoms with van der Waals surface area (Å²) in [4.78, 5) is 29.3. The van der Waals surface area contributed by atoms with Crippen LogP contribution in [0.25, 0.3) is 0 Å². The Hall–Kier alpha value is -4.07. The van der Waals surface area contributed by atoms with Crippen molar-refractivity contribution in [2.24, 2.45) is 5.41 Å². The number of halogens is 3. The molecular formula is C33H32F3N3O2. The van der Waals surface area contributed by atoms with Gasteiger partial charge in [0, 0.05) is 23.7 Å². The average molecular weight is 560 g/mol. The SMILES string of the molecule is CC1(C)CC(=O)C2=C(C1)Nc1ccccc1N(CC(=O)NC1Cc3ccccc3C1)C2c1ccc(C(F)(F)F)cc1. The number of nitrogens with one attached hydrogen (secondary N) is 2. The number of hydrogen-bond acceptors (Lipinski definition) is 4. The summed E-state index contributed by atoms with van der Waals surface area (Å²) in [6, 6.07) is 19.8. The van der Waals surface area contributed by atoms with Gasteiger partial charge in [-0.3, -0.25) is 9.59 Å². The number of anilines is 2. The van der Waals surface area contributed by atoms with Gasteiger partial charge in [0.1, 0.15) is 0 Å². The summed E-state index contributed by atoms with van der Waals surface area (Å²) in [5, 5.41) is 6.65. The smallest absolute Gasteiger partial charge is 0.357 e. The fourth-order valence-electron chi connectivity index (χ4n) is 6.52. The van der Waals surface area contributed by atoms with Crippen LogP contribution in [-0.4, -0.2) is 24.3 Å². The van der Waals surface area contributed by atoms with E-state index in [-0.39, 0.29) is 29.7 Å². The molecule has 0 saturated heterocycles. The Morgan fingerprint density at radius 1 is 0.951 bits per heavy atom. The molecule has 3 aliphatic rings. The number of carbonyl (C=O) groups excluding carboxylic acids is 2. The molecule has 0 spiro atoms. The second kappa shape index (κ2) is 10.1. The second-order valence-electron chi connectivity index (χ2n) is 12.1. The zero-order valence-electron chi connectivity index (χ0n) is 23.0. The molecule has 5 nitrogen and oxygen atoms in total. The normalized spacial score (nSPS) is 20.1. The predicted octanol–water partition coefficient (Wildman–Crippen LogP) is 6.61. The number of allylic oxidation sites excluding steroid dienone is 1. The minimum Gasteiger partial charge on any atom is -0.357 e. The molecule has 1 aliphatic heterocycles. The molecule has 3 aromatic rings. The first-order valence-corrected chi connectivity index (χ1v) is 13.9. The zero-order chi connectivity index (χ0) is 28.9. The standard InChI is InChI=1S/C33H32F3N3O2/c1-32(2)17-26-30(28(40)18-32)31(20-11-13-23(14-12-20)33(34,35)36)39(27-10-6-5-9-25(27)38-26)19-29(41)37-24-15-21-7-3-4-8-22(21)16-24/h3-14,24,31,38H,15-19H2,1-2H3,(H,37,41). The first kappa shape index (κ1) is 27.1. The molecule has 1 unspecified atom stereocenters. The van der Waals surface area contributed by atoms with Gasteiger partial charge in [-0.2, -0.15) is 13.2 Å². The number of hydrogen-bond donors (Lipinski definition) is 2. The first-order chi connectivity index (χ1) is 19.5. The second-order valence-corrected chi connectivity index (χ2v) is 12.1. The van der Waals surface area contributed by atoms with E-state index in [1.807, 2.05) is 55.1 Å². The minimum absolute atomic E-state index is 0.0448. The van der Waals surface area contributed by atoms with Gasteiger partial charge in [-0.05, 0) is 65.6 Å². The van der Waals surface area contributed by atoms with Crippen molar-refractivity contribution in [3.63, 3.8) is 0 Å². The number of fused-ring (bicyclic) bond motifs is 2. The number of carbonyl (C=O) groups is 2. The Labute approximate surface area is 237 Å². The molecular weight excluding hydrogens is 527 g/mol. The van der Waals surface area contributed by atoms with Gasteiger partial charge in [-0.1, -0.05) is 62.4 Å². The summed E-state index contributed by atoms with van der Waals surface area (Å²) in [5.41, 5.74) is 4.63. The lowest BCUT2D eigenvalue weighted by Crippen LogP contribution is -2.45. The Bertz CT molecular complexity index is 1520. The van der Waals surface area contributed by atoms with Crippen LogP contribution in [0.2, 0.25) is 0 Å². The molecule has 0 fully saturated rings. The highest BCUT2D eigenvalue weighted by molar-refractivity contribution is 6.02. The van der Waals surface area contributed by atoms with Gasteiger partial charge >= 0.3 is 6.18 Å². The van der Waals surface area contributed by atoms with Gasteiger partial charge in [0.05, 0.1) is 29.5 Å². The number of para-hydroxylation sites is 2. The number of alkyl halides is 3. The highest BCUT2D eigenvalue weighted by Crippen LogP contribution is 2.48. The molecule has 2 N–H and O–H groups in total. The van der Waals surface area contributed by atoms with E-state index in [1.165, 1.54) is 23.3 Å². The van der Waals surface area contributed by atoms with E-state index >= 15 is 0 Å². The summed E-state index contributed by atoms with van der Waals surface area (Å²) in [5.74, 6) is -0.278. The van der Waals surface area contributed by atoms with Crippen LogP contribution in [0, 0.1) is 5.41 Å². The van der Waals surface area contributed by atoms with Gasteiger partial charge in [-0.25, -0.2) is 0 Å². The fourth-order valence-corrected chi connectivity index (χ4v) is 6.52. The molecule has 1 atom stereocenters. The Morgan fingerprint density at radius 2 is 1.59 bits per heavy atom. The number of Topliss-reactive ketones (excluding diaryl/α,β-unsaturated/α-hetero) is 1. The summed E-state index contributed by atoms with van der Waals surface area (Å²) in [7, 11) is 0. The van der Waals surface area contributed by atoms with Crippen molar-refractivity contribution in [2.45, 2.75) is 57.8 Å². The van der Waals surface area contributed by atoms with E-state index in [1.54, 1.807) is 0 Å². The number of amides is 1. The van der Waals surface area contributed by atoms with Crippen LogP contribution >= 0.6 is 0 Å². The van der Waals surface area contributed by atoms with Crippen LogP contribution < -0.4 is 15.5 Å². The number of benzene rings is 3. The first-order valence-electron chi connectivity index (χ1n) is 13.9. The summed E-state index contributed by atoms with van der Waals surface area (Å²) in [6.07, 6.45) is -2.10. The zero-order valence-corrected chi connectivity index (χ0v) is 23.0. The quantitative estimate of drug-likeness (QED) is 0.378. The van der Waals surface area contributed by atoms with Crippen LogP contribution in [0.1, 0.15) is 55.0 Å². The average Bonchev–Trinajstić information content (AvgIpc) is 3.25. The third-order valence-corrected chi connectivity index (χ3v) is 8.29. The van der Waals surface area contributed by atoms with E-state index < -0.39 is 17.8 Å². The van der Waals surface area contributed by atoms with Gasteiger partial charge in [0.15, 0.2) is 5.78 Å². The van der Waals surface area contributed by atoms with Crippen molar-refractivity contribution in [1.29, 1.82) is 0 Å². The van der Waals surface area contributed by atoms with Crippen LogP contribution in [0.4, 0.5) is 24.5 Å². The molecule has 0 radical (unpaired) electrons. The van der Waals surface area contributed by atoms with Crippen molar-refractivity contribution in [3.05, 3.63) is 106 Å². The maximum absolute atomic E-state index is 13.8. The lowest BCUT2D eigenvalue weighted by Gasteiger charge is -2.38. The molecule has 212 valence electrons. The Kier molecular flexibility index (Phi) is 6.67. The van der Waals surface area contributed by atoms with Crippen molar-refractivity contribution >= 4 is 23.1 Å². The molecule has 1 heterocycles. The number of rotatable bonds is 4. The molecule has 3 aromatic carbocycles. The summed E-state index contributed by atoms with van der Waals surface area (Å²) in [6.45, 7) is 4.00.